The average molecular weight is 545 g/mol. The van der Waals surface area contributed by atoms with Gasteiger partial charge in [0.25, 0.3) is 0 Å². The Morgan fingerprint density at radius 3 is 2.41 bits per heavy atom. The number of carbonyl (C=O) groups excluding carboxylic acids is 1. The van der Waals surface area contributed by atoms with Crippen molar-refractivity contribution in [1.29, 1.82) is 0 Å². The fourth-order valence-electron chi connectivity index (χ4n) is 3.57. The second kappa shape index (κ2) is 11.6. The average Bonchev–Trinajstić information content (AvgIpc) is 2.80. The molecule has 0 aromatic heterocycles. The van der Waals surface area contributed by atoms with E-state index in [1.54, 1.807) is 19.1 Å². The first-order valence-corrected chi connectivity index (χ1v) is 13.3. The fourth-order valence-corrected chi connectivity index (χ4v) is 5.27. The van der Waals surface area contributed by atoms with E-state index in [1.807, 2.05) is 68.4 Å². The van der Waals surface area contributed by atoms with Crippen LogP contribution >= 0.6 is 15.9 Å². The van der Waals surface area contributed by atoms with Crippen molar-refractivity contribution in [3.63, 3.8) is 0 Å². The Kier molecular flexibility index (Phi) is 8.88. The molecular weight excluding hydrogens is 516 g/mol. The third kappa shape index (κ3) is 6.91. The second-order valence-corrected chi connectivity index (χ2v) is 10.6. The molecule has 0 saturated carbocycles. The zero-order valence-corrected chi connectivity index (χ0v) is 21.8. The van der Waals surface area contributed by atoms with Crippen molar-refractivity contribution in [3.8, 4) is 5.75 Å². The van der Waals surface area contributed by atoms with E-state index in [-0.39, 0.29) is 17.4 Å². The minimum atomic E-state index is -3.96. The van der Waals surface area contributed by atoms with Crippen molar-refractivity contribution in [1.82, 2.24) is 10.0 Å². The maximum Gasteiger partial charge on any atom is 0.241 e. The van der Waals surface area contributed by atoms with Gasteiger partial charge in [-0.1, -0.05) is 58.4 Å². The molecule has 8 heteroatoms. The largest absolute Gasteiger partial charge is 0.494 e. The first-order chi connectivity index (χ1) is 16.2. The summed E-state index contributed by atoms with van der Waals surface area (Å²) in [6, 6.07) is 20.3. The van der Waals surface area contributed by atoms with E-state index in [0.717, 1.165) is 15.6 Å². The van der Waals surface area contributed by atoms with Crippen LogP contribution in [0.3, 0.4) is 0 Å². The summed E-state index contributed by atoms with van der Waals surface area (Å²) in [5, 5.41) is 2.95. The van der Waals surface area contributed by atoms with Gasteiger partial charge in [-0.3, -0.25) is 4.79 Å². The van der Waals surface area contributed by atoms with E-state index in [1.165, 1.54) is 6.07 Å². The maximum atomic E-state index is 13.3. The third-order valence-corrected chi connectivity index (χ3v) is 7.32. The summed E-state index contributed by atoms with van der Waals surface area (Å²) in [5.41, 5.74) is 2.46. The lowest BCUT2D eigenvalue weighted by atomic mass is 10.0. The highest BCUT2D eigenvalue weighted by Crippen LogP contribution is 2.23. The number of halogens is 1. The Morgan fingerprint density at radius 2 is 1.76 bits per heavy atom. The predicted octanol–water partition coefficient (Wildman–Crippen LogP) is 4.92. The third-order valence-electron chi connectivity index (χ3n) is 5.36. The number of amides is 1. The highest BCUT2D eigenvalue weighted by molar-refractivity contribution is 9.10. The molecular formula is C26H29BrN2O4S. The van der Waals surface area contributed by atoms with Gasteiger partial charge in [-0.2, -0.15) is 4.72 Å². The second-order valence-electron chi connectivity index (χ2n) is 8.01. The van der Waals surface area contributed by atoms with Crippen LogP contribution in [0.1, 0.15) is 36.6 Å². The first kappa shape index (κ1) is 25.9. The molecule has 0 fully saturated rings. The number of hydrogen-bond donors (Lipinski definition) is 2. The van der Waals surface area contributed by atoms with Crippen LogP contribution < -0.4 is 14.8 Å². The van der Waals surface area contributed by atoms with Crippen molar-refractivity contribution in [2.45, 2.75) is 44.2 Å². The van der Waals surface area contributed by atoms with Crippen LogP contribution in [0.15, 0.2) is 82.2 Å². The van der Waals surface area contributed by atoms with Crippen LogP contribution in [0, 0.1) is 6.92 Å². The highest BCUT2D eigenvalue weighted by Gasteiger charge is 2.27. The van der Waals surface area contributed by atoms with Crippen LogP contribution in [-0.4, -0.2) is 27.0 Å². The SMILES string of the molecule is CCOc1ccc(S(=O)(=O)N[C@@H](Cc2ccccc2)C(=O)N[C@@H](C)c2cccc(Br)c2)cc1C. The van der Waals surface area contributed by atoms with Gasteiger partial charge in [0.2, 0.25) is 15.9 Å². The molecule has 1 amide bonds. The number of nitrogens with one attached hydrogen (secondary N) is 2. The number of sulfonamides is 1. The van der Waals surface area contributed by atoms with E-state index < -0.39 is 22.0 Å². The van der Waals surface area contributed by atoms with E-state index in [0.29, 0.717) is 17.9 Å². The molecule has 0 radical (unpaired) electrons. The Hall–Kier alpha value is -2.68. The fraction of sp³-hybridized carbons (Fsp3) is 0.269. The van der Waals surface area contributed by atoms with E-state index in [4.69, 9.17) is 4.74 Å². The van der Waals surface area contributed by atoms with Crippen LogP contribution in [0.2, 0.25) is 0 Å². The molecule has 180 valence electrons. The molecule has 0 aliphatic carbocycles. The Labute approximate surface area is 209 Å². The van der Waals surface area contributed by atoms with Gasteiger partial charge in [-0.25, -0.2) is 8.42 Å². The van der Waals surface area contributed by atoms with Crippen molar-refractivity contribution in [2.75, 3.05) is 6.61 Å². The number of rotatable bonds is 10. The molecule has 0 heterocycles. The smallest absolute Gasteiger partial charge is 0.241 e. The van der Waals surface area contributed by atoms with Gasteiger partial charge in [0.05, 0.1) is 17.5 Å². The number of ether oxygens (including phenoxy) is 1. The van der Waals surface area contributed by atoms with Crippen LogP contribution in [-0.2, 0) is 21.2 Å². The molecule has 2 N–H and O–H groups in total. The topological polar surface area (TPSA) is 84.5 Å². The van der Waals surface area contributed by atoms with Crippen LogP contribution in [0.4, 0.5) is 0 Å². The monoisotopic (exact) mass is 544 g/mol. The first-order valence-electron chi connectivity index (χ1n) is 11.0. The van der Waals surface area contributed by atoms with E-state index in [9.17, 15) is 13.2 Å². The van der Waals surface area contributed by atoms with Gasteiger partial charge in [-0.15, -0.1) is 0 Å². The maximum absolute atomic E-state index is 13.3. The number of carbonyl (C=O) groups is 1. The molecule has 3 aromatic rings. The molecule has 34 heavy (non-hydrogen) atoms. The standard InChI is InChI=1S/C26H29BrN2O4S/c1-4-33-25-14-13-23(15-18(25)2)34(31,32)29-24(16-20-9-6-5-7-10-20)26(30)28-19(3)21-11-8-12-22(27)17-21/h5-15,17,19,24,29H,4,16H2,1-3H3,(H,28,30)/t19-,24-/m0/s1. The lowest BCUT2D eigenvalue weighted by molar-refractivity contribution is -0.123. The highest BCUT2D eigenvalue weighted by atomic mass is 79.9. The van der Waals surface area contributed by atoms with Gasteiger partial charge in [0, 0.05) is 4.47 Å². The molecule has 0 spiro atoms. The lowest BCUT2D eigenvalue weighted by Gasteiger charge is -2.22. The van der Waals surface area contributed by atoms with Crippen molar-refractivity contribution in [3.05, 3.63) is 94.0 Å². The minimum absolute atomic E-state index is 0.0827. The summed E-state index contributed by atoms with van der Waals surface area (Å²) in [4.78, 5) is 13.3. The molecule has 2 atom stereocenters. The quantitative estimate of drug-likeness (QED) is 0.379. The normalized spacial score (nSPS) is 13.2. The van der Waals surface area contributed by atoms with Crippen molar-refractivity contribution < 1.29 is 17.9 Å². The van der Waals surface area contributed by atoms with Gasteiger partial charge >= 0.3 is 0 Å². The van der Waals surface area contributed by atoms with E-state index >= 15 is 0 Å². The van der Waals surface area contributed by atoms with Gasteiger partial charge < -0.3 is 10.1 Å². The summed E-state index contributed by atoms with van der Waals surface area (Å²) in [6.45, 7) is 6.01. The molecule has 0 aliphatic rings. The Balaban J connectivity index is 1.85. The molecule has 3 aromatic carbocycles. The van der Waals surface area contributed by atoms with E-state index in [2.05, 4.69) is 26.0 Å². The number of benzene rings is 3. The zero-order chi connectivity index (χ0) is 24.7. The number of aryl methyl sites for hydroxylation is 1. The van der Waals surface area contributed by atoms with Gasteiger partial charge in [0.1, 0.15) is 11.8 Å². The molecule has 0 saturated heterocycles. The summed E-state index contributed by atoms with van der Waals surface area (Å²) < 4.78 is 35.5. The van der Waals surface area contributed by atoms with Crippen LogP contribution in [0.5, 0.6) is 5.75 Å². The number of hydrogen-bond acceptors (Lipinski definition) is 4. The van der Waals surface area contributed by atoms with Crippen molar-refractivity contribution >= 4 is 31.9 Å². The minimum Gasteiger partial charge on any atom is -0.494 e. The zero-order valence-electron chi connectivity index (χ0n) is 19.4. The summed E-state index contributed by atoms with van der Waals surface area (Å²) in [5.74, 6) is 0.227. The molecule has 0 aliphatic heterocycles. The van der Waals surface area contributed by atoms with Gasteiger partial charge in [-0.05, 0) is 74.2 Å². The molecule has 0 unspecified atom stereocenters. The predicted molar refractivity (Wildman–Crippen MR) is 137 cm³/mol. The molecule has 6 nitrogen and oxygen atoms in total. The molecule has 3 rings (SSSR count). The van der Waals surface area contributed by atoms with Gasteiger partial charge in [0.15, 0.2) is 0 Å². The summed E-state index contributed by atoms with van der Waals surface area (Å²) in [7, 11) is -3.96. The summed E-state index contributed by atoms with van der Waals surface area (Å²) >= 11 is 3.44. The summed E-state index contributed by atoms with van der Waals surface area (Å²) in [6.07, 6.45) is 0.215. The van der Waals surface area contributed by atoms with Crippen LogP contribution in [0.25, 0.3) is 0 Å². The Bertz CT molecular complexity index is 1230. The van der Waals surface area contributed by atoms with Crippen molar-refractivity contribution in [2.24, 2.45) is 0 Å². The Morgan fingerprint density at radius 1 is 1.03 bits per heavy atom. The lowest BCUT2D eigenvalue weighted by Crippen LogP contribution is -2.48. The molecule has 0 bridgehead atoms.